The monoisotopic (exact) mass is 316 g/mol. The number of hydrogen-bond acceptors (Lipinski definition) is 4. The molecule has 1 saturated carbocycles. The minimum Gasteiger partial charge on any atom is -0.313 e. The molecular formula is C16H20N4O3. The van der Waals surface area contributed by atoms with E-state index in [2.05, 4.69) is 10.3 Å². The minimum absolute atomic E-state index is 0.249. The van der Waals surface area contributed by atoms with Crippen molar-refractivity contribution in [3.05, 3.63) is 24.4 Å². The first kappa shape index (κ1) is 15.5. The van der Waals surface area contributed by atoms with Crippen LogP contribution in [0.3, 0.4) is 0 Å². The summed E-state index contributed by atoms with van der Waals surface area (Å²) in [6, 6.07) is 4.75. The SMILES string of the molecule is CN1C(=O)N(CC(=O)Nc2ccccn2)C(=O)C12CCCCC2. The predicted octanol–water partition coefficient (Wildman–Crippen LogP) is 1.62. The van der Waals surface area contributed by atoms with Crippen molar-refractivity contribution in [3.8, 4) is 0 Å². The highest BCUT2D eigenvalue weighted by Crippen LogP contribution is 2.39. The maximum absolute atomic E-state index is 12.8. The van der Waals surface area contributed by atoms with Crippen LogP contribution in [-0.2, 0) is 9.59 Å². The van der Waals surface area contributed by atoms with Gasteiger partial charge in [0.2, 0.25) is 5.91 Å². The fraction of sp³-hybridized carbons (Fsp3) is 0.500. The van der Waals surface area contributed by atoms with E-state index in [1.807, 2.05) is 0 Å². The molecule has 1 N–H and O–H groups in total. The van der Waals surface area contributed by atoms with E-state index in [9.17, 15) is 14.4 Å². The number of rotatable bonds is 3. The second-order valence-corrected chi connectivity index (χ2v) is 6.09. The Hall–Kier alpha value is -2.44. The van der Waals surface area contributed by atoms with Crippen LogP contribution in [0, 0.1) is 0 Å². The second-order valence-electron chi connectivity index (χ2n) is 6.09. The number of hydrogen-bond donors (Lipinski definition) is 1. The number of amides is 4. The molecule has 0 aromatic carbocycles. The summed E-state index contributed by atoms with van der Waals surface area (Å²) >= 11 is 0. The number of nitrogens with one attached hydrogen (secondary N) is 1. The van der Waals surface area contributed by atoms with Gasteiger partial charge in [0.1, 0.15) is 17.9 Å². The molecule has 3 rings (SSSR count). The fourth-order valence-electron chi connectivity index (χ4n) is 3.43. The molecule has 122 valence electrons. The van der Waals surface area contributed by atoms with E-state index in [0.29, 0.717) is 18.7 Å². The summed E-state index contributed by atoms with van der Waals surface area (Å²) in [4.78, 5) is 43.9. The Labute approximate surface area is 134 Å². The van der Waals surface area contributed by atoms with Crippen LogP contribution in [0.4, 0.5) is 10.6 Å². The van der Waals surface area contributed by atoms with E-state index in [4.69, 9.17) is 0 Å². The third-order valence-electron chi connectivity index (χ3n) is 4.72. The number of imide groups is 1. The number of likely N-dealkylation sites (N-methyl/N-ethyl adjacent to an activating group) is 1. The van der Waals surface area contributed by atoms with Crippen molar-refractivity contribution >= 4 is 23.7 Å². The number of anilines is 1. The summed E-state index contributed by atoms with van der Waals surface area (Å²) < 4.78 is 0. The summed E-state index contributed by atoms with van der Waals surface area (Å²) in [6.07, 6.45) is 5.84. The van der Waals surface area contributed by atoms with Gasteiger partial charge in [0.25, 0.3) is 5.91 Å². The molecule has 0 atom stereocenters. The molecule has 4 amide bonds. The molecule has 0 radical (unpaired) electrons. The average molecular weight is 316 g/mol. The Bertz CT molecular complexity index is 625. The highest BCUT2D eigenvalue weighted by molar-refractivity contribution is 6.09. The zero-order valence-corrected chi connectivity index (χ0v) is 13.1. The van der Waals surface area contributed by atoms with Crippen LogP contribution in [0.2, 0.25) is 0 Å². The molecule has 7 nitrogen and oxygen atoms in total. The first-order chi connectivity index (χ1) is 11.0. The molecule has 1 aromatic heterocycles. The number of urea groups is 1. The van der Waals surface area contributed by atoms with Gasteiger partial charge in [0.15, 0.2) is 0 Å². The van der Waals surface area contributed by atoms with E-state index in [1.54, 1.807) is 31.4 Å². The van der Waals surface area contributed by atoms with Gasteiger partial charge in [0.05, 0.1) is 0 Å². The largest absolute Gasteiger partial charge is 0.327 e. The molecule has 7 heteroatoms. The minimum atomic E-state index is -0.749. The first-order valence-electron chi connectivity index (χ1n) is 7.85. The average Bonchev–Trinajstić information content (AvgIpc) is 2.73. The molecule has 1 aliphatic heterocycles. The molecular weight excluding hydrogens is 296 g/mol. The van der Waals surface area contributed by atoms with Gasteiger partial charge in [-0.3, -0.25) is 14.5 Å². The summed E-state index contributed by atoms with van der Waals surface area (Å²) in [7, 11) is 1.65. The number of aromatic nitrogens is 1. The summed E-state index contributed by atoms with van der Waals surface area (Å²) in [6.45, 7) is -0.277. The second kappa shape index (κ2) is 5.98. The molecule has 1 spiro atoms. The third kappa shape index (κ3) is 2.67. The number of pyridine rings is 1. The predicted molar refractivity (Wildman–Crippen MR) is 83.6 cm³/mol. The van der Waals surface area contributed by atoms with Crippen LogP contribution >= 0.6 is 0 Å². The molecule has 23 heavy (non-hydrogen) atoms. The van der Waals surface area contributed by atoms with Gasteiger partial charge in [-0.05, 0) is 25.0 Å². The number of carbonyl (C=O) groups excluding carboxylic acids is 3. The zero-order chi connectivity index (χ0) is 16.4. The van der Waals surface area contributed by atoms with Gasteiger partial charge in [-0.1, -0.05) is 25.3 Å². The lowest BCUT2D eigenvalue weighted by Gasteiger charge is -2.35. The zero-order valence-electron chi connectivity index (χ0n) is 13.1. The smallest absolute Gasteiger partial charge is 0.313 e. The highest BCUT2D eigenvalue weighted by atomic mass is 16.2. The lowest BCUT2D eigenvalue weighted by atomic mass is 9.81. The number of nitrogens with zero attached hydrogens (tertiary/aromatic N) is 3. The van der Waals surface area contributed by atoms with E-state index in [-0.39, 0.29) is 12.5 Å². The van der Waals surface area contributed by atoms with Gasteiger partial charge in [-0.25, -0.2) is 9.78 Å². The van der Waals surface area contributed by atoms with Gasteiger partial charge in [-0.15, -0.1) is 0 Å². The lowest BCUT2D eigenvalue weighted by Crippen LogP contribution is -2.49. The highest BCUT2D eigenvalue weighted by Gasteiger charge is 2.55. The van der Waals surface area contributed by atoms with Crippen LogP contribution in [0.15, 0.2) is 24.4 Å². The van der Waals surface area contributed by atoms with Crippen molar-refractivity contribution in [2.75, 3.05) is 18.9 Å². The van der Waals surface area contributed by atoms with E-state index in [1.165, 1.54) is 4.90 Å². The quantitative estimate of drug-likeness (QED) is 0.859. The van der Waals surface area contributed by atoms with Gasteiger partial charge in [0, 0.05) is 13.2 Å². The Morgan fingerprint density at radius 2 is 2.00 bits per heavy atom. The summed E-state index contributed by atoms with van der Waals surface area (Å²) in [5, 5.41) is 2.60. The molecule has 0 bridgehead atoms. The maximum atomic E-state index is 12.8. The Morgan fingerprint density at radius 3 is 2.65 bits per heavy atom. The van der Waals surface area contributed by atoms with Crippen molar-refractivity contribution in [2.24, 2.45) is 0 Å². The Balaban J connectivity index is 1.71. The molecule has 2 fully saturated rings. The molecule has 0 unspecified atom stereocenters. The van der Waals surface area contributed by atoms with Gasteiger partial charge in [-0.2, -0.15) is 0 Å². The van der Waals surface area contributed by atoms with Crippen LogP contribution < -0.4 is 5.32 Å². The number of carbonyl (C=O) groups is 3. The van der Waals surface area contributed by atoms with Crippen LogP contribution in [-0.4, -0.2) is 51.8 Å². The topological polar surface area (TPSA) is 82.6 Å². The van der Waals surface area contributed by atoms with Crippen LogP contribution in [0.5, 0.6) is 0 Å². The molecule has 1 saturated heterocycles. The van der Waals surface area contributed by atoms with E-state index < -0.39 is 17.5 Å². The molecule has 2 aliphatic rings. The van der Waals surface area contributed by atoms with Crippen molar-refractivity contribution in [2.45, 2.75) is 37.6 Å². The molecule has 1 aliphatic carbocycles. The van der Waals surface area contributed by atoms with Crippen molar-refractivity contribution < 1.29 is 14.4 Å². The van der Waals surface area contributed by atoms with Crippen molar-refractivity contribution in [3.63, 3.8) is 0 Å². The lowest BCUT2D eigenvalue weighted by molar-refractivity contribution is -0.136. The molecule has 1 aromatic rings. The van der Waals surface area contributed by atoms with Gasteiger partial charge < -0.3 is 10.2 Å². The van der Waals surface area contributed by atoms with E-state index >= 15 is 0 Å². The fourth-order valence-corrected chi connectivity index (χ4v) is 3.43. The van der Waals surface area contributed by atoms with Crippen LogP contribution in [0.1, 0.15) is 32.1 Å². The van der Waals surface area contributed by atoms with Crippen molar-refractivity contribution in [1.29, 1.82) is 0 Å². The van der Waals surface area contributed by atoms with Gasteiger partial charge >= 0.3 is 6.03 Å². The van der Waals surface area contributed by atoms with Crippen molar-refractivity contribution in [1.82, 2.24) is 14.8 Å². The Morgan fingerprint density at radius 1 is 1.26 bits per heavy atom. The first-order valence-corrected chi connectivity index (χ1v) is 7.85. The summed E-state index contributed by atoms with van der Waals surface area (Å²) in [5.41, 5.74) is -0.749. The summed E-state index contributed by atoms with van der Waals surface area (Å²) in [5.74, 6) is -0.273. The maximum Gasteiger partial charge on any atom is 0.327 e. The Kier molecular flexibility index (Phi) is 4.02. The third-order valence-corrected chi connectivity index (χ3v) is 4.72. The normalized spacial score (nSPS) is 20.2. The standard InChI is InChI=1S/C16H20N4O3/c1-19-15(23)20(14(22)16(19)8-4-2-5-9-16)11-13(21)18-12-7-3-6-10-17-12/h3,6-7,10H,2,4-5,8-9,11H2,1H3,(H,17,18,21). The molecule has 2 heterocycles. The van der Waals surface area contributed by atoms with E-state index in [0.717, 1.165) is 24.2 Å². The van der Waals surface area contributed by atoms with Crippen LogP contribution in [0.25, 0.3) is 0 Å².